The summed E-state index contributed by atoms with van der Waals surface area (Å²) in [6.45, 7) is 4.88. The summed E-state index contributed by atoms with van der Waals surface area (Å²) in [5.41, 5.74) is 0.706. The van der Waals surface area contributed by atoms with Crippen molar-refractivity contribution in [1.82, 2.24) is 9.88 Å². The predicted molar refractivity (Wildman–Crippen MR) is 137 cm³/mol. The number of ether oxygens (including phenoxy) is 3. The summed E-state index contributed by atoms with van der Waals surface area (Å²) in [7, 11) is 3.25. The highest BCUT2D eigenvalue weighted by atomic mass is 35.5. The Bertz CT molecular complexity index is 1030. The molecule has 1 amide bonds. The number of methoxy groups -OCH3 is 2. The van der Waals surface area contributed by atoms with Crippen LogP contribution in [0.4, 0.5) is 5.13 Å². The molecule has 180 valence electrons. The van der Waals surface area contributed by atoms with Gasteiger partial charge in [-0.3, -0.25) is 14.6 Å². The number of fused-ring (bicyclic) bond motifs is 1. The van der Waals surface area contributed by atoms with Crippen molar-refractivity contribution in [2.75, 3.05) is 58.5 Å². The zero-order chi connectivity index (χ0) is 22.5. The van der Waals surface area contributed by atoms with Gasteiger partial charge < -0.3 is 14.2 Å². The first-order valence-corrected chi connectivity index (χ1v) is 12.5. The SMILES string of the molecule is COc1ccc(OC)c2sc(N(CCCN3CCOCC3)C(=O)Cc3ccc(Cl)s3)nc12.Cl. The zero-order valence-corrected chi connectivity index (χ0v) is 21.7. The van der Waals surface area contributed by atoms with Gasteiger partial charge in [-0.25, -0.2) is 4.98 Å². The van der Waals surface area contributed by atoms with Crippen LogP contribution >= 0.6 is 46.7 Å². The Labute approximate surface area is 212 Å². The molecule has 0 N–H and O–H groups in total. The molecule has 33 heavy (non-hydrogen) atoms. The van der Waals surface area contributed by atoms with Crippen LogP contribution in [0.15, 0.2) is 24.3 Å². The fraction of sp³-hybridized carbons (Fsp3) is 0.455. The number of hydrogen-bond acceptors (Lipinski definition) is 8. The Morgan fingerprint density at radius 3 is 2.55 bits per heavy atom. The number of rotatable bonds is 9. The standard InChI is InChI=1S/C22H26ClN3O4S2.ClH/c1-28-16-5-6-17(29-2)21-20(16)24-22(32-21)26(9-3-8-25-10-12-30-13-11-25)19(27)14-15-4-7-18(23)31-15;/h4-7H,3,8-14H2,1-2H3;1H. The monoisotopic (exact) mass is 531 g/mol. The molecule has 1 saturated heterocycles. The summed E-state index contributed by atoms with van der Waals surface area (Å²) in [6.07, 6.45) is 1.14. The van der Waals surface area contributed by atoms with Crippen LogP contribution in [0.5, 0.6) is 11.5 Å². The molecule has 1 aliphatic heterocycles. The maximum absolute atomic E-state index is 13.4. The molecular weight excluding hydrogens is 505 g/mol. The first-order valence-electron chi connectivity index (χ1n) is 10.4. The third-order valence-corrected chi connectivity index (χ3v) is 7.67. The molecule has 3 aromatic rings. The summed E-state index contributed by atoms with van der Waals surface area (Å²) in [5.74, 6) is 1.38. The number of hydrogen-bond donors (Lipinski definition) is 0. The molecule has 3 heterocycles. The molecule has 0 aliphatic carbocycles. The molecule has 1 fully saturated rings. The summed E-state index contributed by atoms with van der Waals surface area (Å²) >= 11 is 8.95. The van der Waals surface area contributed by atoms with Gasteiger partial charge in [-0.15, -0.1) is 23.7 Å². The van der Waals surface area contributed by atoms with Crippen LogP contribution in [0, 0.1) is 0 Å². The van der Waals surface area contributed by atoms with Crippen molar-refractivity contribution in [2.24, 2.45) is 0 Å². The number of halogens is 2. The van der Waals surface area contributed by atoms with E-state index in [1.54, 1.807) is 19.1 Å². The molecule has 11 heteroatoms. The molecule has 4 rings (SSSR count). The molecule has 7 nitrogen and oxygen atoms in total. The average Bonchev–Trinajstić information content (AvgIpc) is 3.43. The van der Waals surface area contributed by atoms with Gasteiger partial charge in [-0.1, -0.05) is 22.9 Å². The van der Waals surface area contributed by atoms with E-state index in [1.807, 2.05) is 24.3 Å². The third kappa shape index (κ3) is 6.29. The molecule has 0 saturated carbocycles. The second-order valence-corrected chi connectivity index (χ2v) is 10.2. The smallest absolute Gasteiger partial charge is 0.234 e. The Hall–Kier alpha value is -1.62. The van der Waals surface area contributed by atoms with Gasteiger partial charge in [-0.2, -0.15) is 0 Å². The minimum Gasteiger partial charge on any atom is -0.495 e. The number of thiazole rings is 1. The summed E-state index contributed by atoms with van der Waals surface area (Å²) < 4.78 is 18.0. The molecule has 0 atom stereocenters. The minimum atomic E-state index is 0. The van der Waals surface area contributed by atoms with Crippen LogP contribution in [0.3, 0.4) is 0 Å². The molecular formula is C22H27Cl2N3O4S2. The lowest BCUT2D eigenvalue weighted by Gasteiger charge is -2.27. The number of anilines is 1. The Kier molecular flexibility index (Phi) is 9.60. The van der Waals surface area contributed by atoms with E-state index in [4.69, 9.17) is 30.8 Å². The number of carbonyl (C=O) groups excluding carboxylic acids is 1. The maximum Gasteiger partial charge on any atom is 0.234 e. The van der Waals surface area contributed by atoms with E-state index in [2.05, 4.69) is 4.90 Å². The third-order valence-electron chi connectivity index (χ3n) is 5.35. The largest absolute Gasteiger partial charge is 0.495 e. The van der Waals surface area contributed by atoms with Gasteiger partial charge in [0.2, 0.25) is 5.91 Å². The number of carbonyl (C=O) groups is 1. The minimum absolute atomic E-state index is 0. The van der Waals surface area contributed by atoms with Crippen molar-refractivity contribution in [3.8, 4) is 11.5 Å². The van der Waals surface area contributed by atoms with Gasteiger partial charge in [0.05, 0.1) is 38.2 Å². The van der Waals surface area contributed by atoms with Crippen LogP contribution in [0.1, 0.15) is 11.3 Å². The Morgan fingerprint density at radius 2 is 1.88 bits per heavy atom. The molecule has 1 aliphatic rings. The van der Waals surface area contributed by atoms with Crippen molar-refractivity contribution in [3.05, 3.63) is 33.5 Å². The lowest BCUT2D eigenvalue weighted by Crippen LogP contribution is -2.39. The molecule has 0 bridgehead atoms. The summed E-state index contributed by atoms with van der Waals surface area (Å²) in [4.78, 5) is 23.2. The number of nitrogens with zero attached hydrogens (tertiary/aromatic N) is 3. The topological polar surface area (TPSA) is 64.1 Å². The zero-order valence-electron chi connectivity index (χ0n) is 18.5. The number of amides is 1. The van der Waals surface area contributed by atoms with Gasteiger partial charge in [0.15, 0.2) is 5.13 Å². The highest BCUT2D eigenvalue weighted by Crippen LogP contribution is 2.40. The van der Waals surface area contributed by atoms with E-state index in [0.717, 1.165) is 54.6 Å². The van der Waals surface area contributed by atoms with Crippen molar-refractivity contribution in [1.29, 1.82) is 0 Å². The fourth-order valence-corrected chi connectivity index (χ4v) is 5.88. The van der Waals surface area contributed by atoms with Crippen molar-refractivity contribution < 1.29 is 19.0 Å². The van der Waals surface area contributed by atoms with Gasteiger partial charge >= 0.3 is 0 Å². The second kappa shape index (κ2) is 12.2. The van der Waals surface area contributed by atoms with Crippen LogP contribution in [0.25, 0.3) is 10.2 Å². The van der Waals surface area contributed by atoms with E-state index in [1.165, 1.54) is 22.7 Å². The summed E-state index contributed by atoms with van der Waals surface area (Å²) in [5, 5.41) is 0.650. The van der Waals surface area contributed by atoms with Crippen LogP contribution in [-0.4, -0.2) is 69.4 Å². The van der Waals surface area contributed by atoms with Gasteiger partial charge in [0.25, 0.3) is 0 Å². The molecule has 2 aromatic heterocycles. The number of benzene rings is 1. The highest BCUT2D eigenvalue weighted by Gasteiger charge is 2.23. The van der Waals surface area contributed by atoms with Crippen LogP contribution in [0.2, 0.25) is 4.34 Å². The van der Waals surface area contributed by atoms with E-state index in [0.29, 0.717) is 33.7 Å². The van der Waals surface area contributed by atoms with Crippen molar-refractivity contribution in [2.45, 2.75) is 12.8 Å². The Balaban J connectivity index is 0.00000306. The molecule has 1 aromatic carbocycles. The molecule has 0 unspecified atom stereocenters. The number of aromatic nitrogens is 1. The van der Waals surface area contributed by atoms with Crippen LogP contribution in [-0.2, 0) is 16.0 Å². The van der Waals surface area contributed by atoms with Crippen LogP contribution < -0.4 is 14.4 Å². The first-order chi connectivity index (χ1) is 15.6. The highest BCUT2D eigenvalue weighted by molar-refractivity contribution is 7.22. The summed E-state index contributed by atoms with van der Waals surface area (Å²) in [6, 6.07) is 7.43. The first kappa shape index (κ1) is 26.0. The van der Waals surface area contributed by atoms with Gasteiger partial charge in [-0.05, 0) is 30.7 Å². The van der Waals surface area contributed by atoms with E-state index in [9.17, 15) is 4.79 Å². The lowest BCUT2D eigenvalue weighted by atomic mass is 10.2. The van der Waals surface area contributed by atoms with E-state index in [-0.39, 0.29) is 18.3 Å². The Morgan fingerprint density at radius 1 is 1.15 bits per heavy atom. The quantitative estimate of drug-likeness (QED) is 0.397. The second-order valence-electron chi connectivity index (χ2n) is 7.38. The number of thiophene rings is 1. The van der Waals surface area contributed by atoms with E-state index < -0.39 is 0 Å². The average molecular weight is 533 g/mol. The number of morpholine rings is 1. The molecule has 0 spiro atoms. The predicted octanol–water partition coefficient (Wildman–Crippen LogP) is 4.75. The van der Waals surface area contributed by atoms with Crippen molar-refractivity contribution >= 4 is 67.9 Å². The normalized spacial score (nSPS) is 14.2. The van der Waals surface area contributed by atoms with E-state index >= 15 is 0 Å². The van der Waals surface area contributed by atoms with Gasteiger partial charge in [0, 0.05) is 31.1 Å². The fourth-order valence-electron chi connectivity index (χ4n) is 3.69. The molecule has 0 radical (unpaired) electrons. The maximum atomic E-state index is 13.4. The lowest BCUT2D eigenvalue weighted by molar-refractivity contribution is -0.118. The van der Waals surface area contributed by atoms with Gasteiger partial charge in [0.1, 0.15) is 21.7 Å². The van der Waals surface area contributed by atoms with Crippen molar-refractivity contribution in [3.63, 3.8) is 0 Å².